The standard InChI is InChI=1S/C22H30FNO14/c1-9(25)24-16-18(17(35-12(4)28)15(34-11(3)27)8-33-10(2)26)38-22(21(31)32-7,37-14(6)30)20(23)19(16)36-13(5)29/h15-20H,8H2,1-7H3,(H,24,25)/t15-,16+,17-,18-,19-,20+,22-/m1/s1. The van der Waals surface area contributed by atoms with E-state index in [9.17, 15) is 33.6 Å². The number of hydrogen-bond acceptors (Lipinski definition) is 14. The van der Waals surface area contributed by atoms with Gasteiger partial charge >= 0.3 is 41.6 Å². The maximum Gasteiger partial charge on any atom is 0.383 e. The van der Waals surface area contributed by atoms with Crippen molar-refractivity contribution in [2.45, 2.75) is 84.0 Å². The summed E-state index contributed by atoms with van der Waals surface area (Å²) in [5.41, 5.74) is 0. The second kappa shape index (κ2) is 13.6. The number of nitrogens with one attached hydrogen (secondary N) is 1. The monoisotopic (exact) mass is 551 g/mol. The fraction of sp³-hybridized carbons (Fsp3) is 0.682. The van der Waals surface area contributed by atoms with Gasteiger partial charge in [0, 0.05) is 41.5 Å². The van der Waals surface area contributed by atoms with Gasteiger partial charge < -0.3 is 38.5 Å². The lowest BCUT2D eigenvalue weighted by Crippen LogP contribution is -2.74. The Kier molecular flexibility index (Phi) is 11.6. The van der Waals surface area contributed by atoms with Gasteiger partial charge in [-0.2, -0.15) is 0 Å². The molecule has 214 valence electrons. The van der Waals surface area contributed by atoms with Crippen molar-refractivity contribution in [3.05, 3.63) is 0 Å². The van der Waals surface area contributed by atoms with Crippen molar-refractivity contribution >= 4 is 41.7 Å². The first-order valence-corrected chi connectivity index (χ1v) is 11.1. The summed E-state index contributed by atoms with van der Waals surface area (Å²) in [7, 11) is 0.811. The molecule has 0 aliphatic carbocycles. The molecule has 16 heteroatoms. The Morgan fingerprint density at radius 3 is 1.87 bits per heavy atom. The number of methoxy groups -OCH3 is 1. The lowest BCUT2D eigenvalue weighted by molar-refractivity contribution is -0.326. The van der Waals surface area contributed by atoms with Crippen molar-refractivity contribution in [3.63, 3.8) is 0 Å². The summed E-state index contributed by atoms with van der Waals surface area (Å²) in [5.74, 6) is -10.8. The van der Waals surface area contributed by atoms with Crippen LogP contribution in [0.3, 0.4) is 0 Å². The fourth-order valence-electron chi connectivity index (χ4n) is 3.71. The Balaban J connectivity index is 3.93. The molecule has 0 radical (unpaired) electrons. The highest BCUT2D eigenvalue weighted by molar-refractivity contribution is 5.83. The highest BCUT2D eigenvalue weighted by atomic mass is 19.1. The van der Waals surface area contributed by atoms with Crippen LogP contribution in [0.5, 0.6) is 0 Å². The van der Waals surface area contributed by atoms with Gasteiger partial charge in [0.2, 0.25) is 12.1 Å². The number of ether oxygens (including phenoxy) is 7. The molecule has 0 spiro atoms. The zero-order chi connectivity index (χ0) is 29.4. The molecule has 15 nitrogen and oxygen atoms in total. The minimum atomic E-state index is -3.25. The van der Waals surface area contributed by atoms with Crippen LogP contribution in [0.15, 0.2) is 0 Å². The first-order valence-electron chi connectivity index (χ1n) is 11.1. The molecule has 1 aliphatic heterocycles. The number of hydrogen-bond donors (Lipinski definition) is 1. The van der Waals surface area contributed by atoms with Crippen LogP contribution < -0.4 is 5.32 Å². The van der Waals surface area contributed by atoms with Crippen molar-refractivity contribution in [2.24, 2.45) is 0 Å². The molecule has 7 atom stereocenters. The van der Waals surface area contributed by atoms with E-state index in [2.05, 4.69) is 10.1 Å². The number of esters is 6. The van der Waals surface area contributed by atoms with Gasteiger partial charge in [0.05, 0.1) is 13.2 Å². The van der Waals surface area contributed by atoms with E-state index in [1.807, 2.05) is 0 Å². The predicted octanol–water partition coefficient (Wildman–Crippen LogP) is -0.981. The van der Waals surface area contributed by atoms with Crippen LogP contribution in [0.25, 0.3) is 0 Å². The number of amides is 1. The minimum absolute atomic E-state index is 0.740. The molecule has 1 saturated heterocycles. The highest BCUT2D eigenvalue weighted by Crippen LogP contribution is 2.39. The zero-order valence-corrected chi connectivity index (χ0v) is 21.8. The molecule has 38 heavy (non-hydrogen) atoms. The van der Waals surface area contributed by atoms with Gasteiger partial charge in [0.1, 0.15) is 12.7 Å². The van der Waals surface area contributed by atoms with Gasteiger partial charge in [-0.05, 0) is 0 Å². The summed E-state index contributed by atoms with van der Waals surface area (Å²) in [6.45, 7) is 4.89. The lowest BCUT2D eigenvalue weighted by atomic mass is 9.86. The van der Waals surface area contributed by atoms with E-state index in [1.54, 1.807) is 0 Å². The Labute approximate surface area is 216 Å². The molecule has 0 aromatic heterocycles. The van der Waals surface area contributed by atoms with Crippen LogP contribution in [0, 0.1) is 0 Å². The van der Waals surface area contributed by atoms with Crippen LogP contribution >= 0.6 is 0 Å². The van der Waals surface area contributed by atoms with Gasteiger partial charge in [0.15, 0.2) is 18.3 Å². The van der Waals surface area contributed by atoms with Crippen molar-refractivity contribution in [1.29, 1.82) is 0 Å². The number of carbonyl (C=O) groups excluding carboxylic acids is 7. The molecule has 1 N–H and O–H groups in total. The molecule has 1 fully saturated rings. The van der Waals surface area contributed by atoms with E-state index in [0.717, 1.165) is 48.7 Å². The van der Waals surface area contributed by atoms with Crippen LogP contribution in [-0.2, 0) is 66.7 Å². The molecular formula is C22H30FNO14. The number of halogens is 1. The lowest BCUT2D eigenvalue weighted by Gasteiger charge is -2.49. The Morgan fingerprint density at radius 2 is 1.45 bits per heavy atom. The summed E-state index contributed by atoms with van der Waals surface area (Å²) < 4.78 is 51.4. The maximum absolute atomic E-state index is 16.0. The second-order valence-corrected chi connectivity index (χ2v) is 8.06. The zero-order valence-electron chi connectivity index (χ0n) is 21.8. The molecule has 1 aliphatic rings. The fourth-order valence-corrected chi connectivity index (χ4v) is 3.71. The molecule has 0 aromatic carbocycles. The topological polar surface area (TPSA) is 196 Å². The molecule has 1 amide bonds. The minimum Gasteiger partial charge on any atom is -0.464 e. The Morgan fingerprint density at radius 1 is 0.868 bits per heavy atom. The van der Waals surface area contributed by atoms with Gasteiger partial charge in [-0.15, -0.1) is 0 Å². The smallest absolute Gasteiger partial charge is 0.383 e. The van der Waals surface area contributed by atoms with Gasteiger partial charge in [-0.25, -0.2) is 9.18 Å². The molecule has 1 rings (SSSR count). The molecule has 0 saturated carbocycles. The largest absolute Gasteiger partial charge is 0.464 e. The quantitative estimate of drug-likeness (QED) is 0.257. The molecule has 0 bridgehead atoms. The maximum atomic E-state index is 16.0. The Hall–Kier alpha value is -3.82. The number of alkyl halides is 1. The van der Waals surface area contributed by atoms with Gasteiger partial charge in [-0.1, -0.05) is 0 Å². The van der Waals surface area contributed by atoms with E-state index in [-0.39, 0.29) is 0 Å². The summed E-state index contributed by atoms with van der Waals surface area (Å²) in [6, 6.07) is -1.75. The highest BCUT2D eigenvalue weighted by Gasteiger charge is 2.67. The molecular weight excluding hydrogens is 521 g/mol. The molecule has 0 aromatic rings. The van der Waals surface area contributed by atoms with E-state index in [0.29, 0.717) is 0 Å². The van der Waals surface area contributed by atoms with Gasteiger partial charge in [-0.3, -0.25) is 28.8 Å². The van der Waals surface area contributed by atoms with Crippen molar-refractivity contribution in [1.82, 2.24) is 5.32 Å². The van der Waals surface area contributed by atoms with E-state index < -0.39 is 90.7 Å². The van der Waals surface area contributed by atoms with Crippen molar-refractivity contribution in [2.75, 3.05) is 13.7 Å². The van der Waals surface area contributed by atoms with Crippen LogP contribution in [-0.4, -0.2) is 97.9 Å². The third kappa shape index (κ3) is 8.36. The third-order valence-corrected chi connectivity index (χ3v) is 4.87. The normalized spacial score (nSPS) is 26.0. The SMILES string of the molecule is COC(=O)[C@]1(OC(C)=O)O[C@@H]([C@H](OC(C)=O)[C@@H](COC(C)=O)OC(C)=O)[C@H](NC(C)=O)[C@@H](OC(C)=O)[C@@H]1F. The molecule has 0 unspecified atom stereocenters. The van der Waals surface area contributed by atoms with Crippen molar-refractivity contribution in [3.8, 4) is 0 Å². The van der Waals surface area contributed by atoms with E-state index in [1.165, 1.54) is 0 Å². The summed E-state index contributed by atoms with van der Waals surface area (Å²) >= 11 is 0. The first kappa shape index (κ1) is 32.2. The average Bonchev–Trinajstić information content (AvgIpc) is 2.77. The summed E-state index contributed by atoms with van der Waals surface area (Å²) in [6.07, 6.45) is -10.4. The third-order valence-electron chi connectivity index (χ3n) is 4.87. The Bertz CT molecular complexity index is 954. The summed E-state index contributed by atoms with van der Waals surface area (Å²) in [5, 5.41) is 2.28. The molecule has 1 heterocycles. The van der Waals surface area contributed by atoms with Crippen molar-refractivity contribution < 1.29 is 71.1 Å². The number of carbonyl (C=O) groups is 7. The van der Waals surface area contributed by atoms with E-state index in [4.69, 9.17) is 28.4 Å². The van der Waals surface area contributed by atoms with Crippen LogP contribution in [0.1, 0.15) is 41.5 Å². The first-order chi connectivity index (χ1) is 17.5. The average molecular weight is 551 g/mol. The number of rotatable bonds is 10. The van der Waals surface area contributed by atoms with E-state index >= 15 is 4.39 Å². The van der Waals surface area contributed by atoms with Crippen LogP contribution in [0.2, 0.25) is 0 Å². The second-order valence-electron chi connectivity index (χ2n) is 8.06. The predicted molar refractivity (Wildman–Crippen MR) is 117 cm³/mol. The van der Waals surface area contributed by atoms with Crippen LogP contribution in [0.4, 0.5) is 4.39 Å². The van der Waals surface area contributed by atoms with Gasteiger partial charge in [0.25, 0.3) is 0 Å². The summed E-state index contributed by atoms with van der Waals surface area (Å²) in [4.78, 5) is 84.0.